The molecule has 4 nitrogen and oxygen atoms in total. The van der Waals surface area contributed by atoms with Gasteiger partial charge < -0.3 is 18.6 Å². The second kappa shape index (κ2) is 4.82. The Labute approximate surface area is 99.7 Å². The summed E-state index contributed by atoms with van der Waals surface area (Å²) in [5.74, 6) is 2.67. The van der Waals surface area contributed by atoms with Gasteiger partial charge in [0.1, 0.15) is 28.6 Å². The van der Waals surface area contributed by atoms with Crippen LogP contribution >= 0.6 is 0 Å². The molecule has 0 aliphatic heterocycles. The highest BCUT2D eigenvalue weighted by Gasteiger charge is 2.16. The summed E-state index contributed by atoms with van der Waals surface area (Å²) in [5.41, 5.74) is 0.779. The summed E-state index contributed by atoms with van der Waals surface area (Å²) in [6, 6.07) is 7.26. The standard InChI is InChI=1S/C13H14O4/c1-14-9-7-11(15-2)13(12(8-9)16-3)10-5-4-6-17-10/h4-8H,1-3H3. The predicted octanol–water partition coefficient (Wildman–Crippen LogP) is 2.97. The molecule has 0 fully saturated rings. The van der Waals surface area contributed by atoms with Gasteiger partial charge in [-0.15, -0.1) is 0 Å². The first kappa shape index (κ1) is 11.4. The van der Waals surface area contributed by atoms with Gasteiger partial charge >= 0.3 is 0 Å². The molecule has 2 aromatic rings. The highest BCUT2D eigenvalue weighted by atomic mass is 16.5. The molecule has 1 aromatic carbocycles. The van der Waals surface area contributed by atoms with Gasteiger partial charge in [-0.25, -0.2) is 0 Å². The molecule has 17 heavy (non-hydrogen) atoms. The van der Waals surface area contributed by atoms with Crippen LogP contribution in [0.2, 0.25) is 0 Å². The van der Waals surface area contributed by atoms with Crippen LogP contribution < -0.4 is 14.2 Å². The minimum atomic E-state index is 0.649. The van der Waals surface area contributed by atoms with Crippen LogP contribution in [0, 0.1) is 0 Å². The summed E-state index contributed by atoms with van der Waals surface area (Å²) >= 11 is 0. The van der Waals surface area contributed by atoms with Crippen molar-refractivity contribution < 1.29 is 18.6 Å². The van der Waals surface area contributed by atoms with Gasteiger partial charge in [-0.2, -0.15) is 0 Å². The van der Waals surface area contributed by atoms with Gasteiger partial charge in [0.15, 0.2) is 0 Å². The summed E-state index contributed by atoms with van der Waals surface area (Å²) < 4.78 is 21.2. The van der Waals surface area contributed by atoms with Crippen molar-refractivity contribution in [1.29, 1.82) is 0 Å². The highest BCUT2D eigenvalue weighted by molar-refractivity contribution is 5.74. The predicted molar refractivity (Wildman–Crippen MR) is 63.8 cm³/mol. The highest BCUT2D eigenvalue weighted by Crippen LogP contribution is 2.41. The smallest absolute Gasteiger partial charge is 0.141 e. The largest absolute Gasteiger partial charge is 0.496 e. The molecule has 1 heterocycles. The fourth-order valence-electron chi connectivity index (χ4n) is 1.67. The number of hydrogen-bond donors (Lipinski definition) is 0. The third-order valence-electron chi connectivity index (χ3n) is 2.48. The molecule has 0 atom stereocenters. The summed E-state index contributed by atoms with van der Waals surface area (Å²) in [5, 5.41) is 0. The van der Waals surface area contributed by atoms with E-state index in [0.29, 0.717) is 23.0 Å². The maximum atomic E-state index is 5.38. The van der Waals surface area contributed by atoms with Gasteiger partial charge in [0.2, 0.25) is 0 Å². The Hall–Kier alpha value is -2.10. The summed E-state index contributed by atoms with van der Waals surface area (Å²) in [7, 11) is 4.79. The van der Waals surface area contributed by atoms with E-state index in [-0.39, 0.29) is 0 Å². The number of hydrogen-bond acceptors (Lipinski definition) is 4. The fourth-order valence-corrected chi connectivity index (χ4v) is 1.67. The zero-order valence-electron chi connectivity index (χ0n) is 10.0. The monoisotopic (exact) mass is 234 g/mol. The average Bonchev–Trinajstić information content (AvgIpc) is 2.90. The van der Waals surface area contributed by atoms with Gasteiger partial charge in [0, 0.05) is 12.1 Å². The van der Waals surface area contributed by atoms with E-state index < -0.39 is 0 Å². The molecule has 0 saturated heterocycles. The number of benzene rings is 1. The number of furan rings is 1. The van der Waals surface area contributed by atoms with Crippen LogP contribution in [0.25, 0.3) is 11.3 Å². The quantitative estimate of drug-likeness (QED) is 0.815. The summed E-state index contributed by atoms with van der Waals surface area (Å²) in [6.07, 6.45) is 1.61. The molecule has 2 rings (SSSR count). The molecular formula is C13H14O4. The zero-order valence-corrected chi connectivity index (χ0v) is 10.0. The van der Waals surface area contributed by atoms with Gasteiger partial charge in [0.25, 0.3) is 0 Å². The van der Waals surface area contributed by atoms with Crippen molar-refractivity contribution in [3.63, 3.8) is 0 Å². The first-order chi connectivity index (χ1) is 8.30. The topological polar surface area (TPSA) is 40.8 Å². The van der Waals surface area contributed by atoms with Crippen LogP contribution in [0.4, 0.5) is 0 Å². The molecular weight excluding hydrogens is 220 g/mol. The van der Waals surface area contributed by atoms with Crippen molar-refractivity contribution in [2.45, 2.75) is 0 Å². The van der Waals surface area contributed by atoms with Crippen LogP contribution in [0.5, 0.6) is 17.2 Å². The van der Waals surface area contributed by atoms with E-state index in [2.05, 4.69) is 0 Å². The Morgan fingerprint density at radius 1 is 0.941 bits per heavy atom. The van der Waals surface area contributed by atoms with Gasteiger partial charge in [-0.3, -0.25) is 0 Å². The van der Waals surface area contributed by atoms with Crippen LogP contribution in [-0.4, -0.2) is 21.3 Å². The lowest BCUT2D eigenvalue weighted by atomic mass is 10.1. The normalized spacial score (nSPS) is 10.1. The SMILES string of the molecule is COc1cc(OC)c(-c2ccco2)c(OC)c1. The Bertz CT molecular complexity index is 463. The molecule has 0 unspecified atom stereocenters. The van der Waals surface area contributed by atoms with Gasteiger partial charge in [0.05, 0.1) is 27.6 Å². The zero-order chi connectivity index (χ0) is 12.3. The molecule has 0 aliphatic rings. The molecule has 0 aliphatic carbocycles. The third kappa shape index (κ3) is 2.06. The first-order valence-corrected chi connectivity index (χ1v) is 5.14. The molecule has 0 bridgehead atoms. The van der Waals surface area contributed by atoms with Crippen molar-refractivity contribution in [3.05, 3.63) is 30.5 Å². The van der Waals surface area contributed by atoms with Crippen molar-refractivity contribution in [2.24, 2.45) is 0 Å². The molecule has 0 saturated carbocycles. The van der Waals surface area contributed by atoms with Gasteiger partial charge in [-0.1, -0.05) is 0 Å². The molecule has 0 amide bonds. The molecule has 4 heteroatoms. The van der Waals surface area contributed by atoms with Crippen molar-refractivity contribution in [1.82, 2.24) is 0 Å². The maximum Gasteiger partial charge on any atom is 0.141 e. The third-order valence-corrected chi connectivity index (χ3v) is 2.48. The van der Waals surface area contributed by atoms with Crippen LogP contribution in [0.15, 0.2) is 34.9 Å². The first-order valence-electron chi connectivity index (χ1n) is 5.14. The average molecular weight is 234 g/mol. The maximum absolute atomic E-state index is 5.38. The second-order valence-corrected chi connectivity index (χ2v) is 3.38. The Balaban J connectivity index is 2.63. The minimum Gasteiger partial charge on any atom is -0.496 e. The van der Waals surface area contributed by atoms with Crippen molar-refractivity contribution >= 4 is 0 Å². The number of ether oxygens (including phenoxy) is 3. The minimum absolute atomic E-state index is 0.649. The Kier molecular flexibility index (Phi) is 3.23. The van der Waals surface area contributed by atoms with E-state index >= 15 is 0 Å². The van der Waals surface area contributed by atoms with Gasteiger partial charge in [-0.05, 0) is 12.1 Å². The number of rotatable bonds is 4. The van der Waals surface area contributed by atoms with Crippen molar-refractivity contribution in [2.75, 3.05) is 21.3 Å². The number of methoxy groups -OCH3 is 3. The van der Waals surface area contributed by atoms with Crippen molar-refractivity contribution in [3.8, 4) is 28.6 Å². The van der Waals surface area contributed by atoms with Crippen LogP contribution in [0.1, 0.15) is 0 Å². The molecule has 0 radical (unpaired) electrons. The fraction of sp³-hybridized carbons (Fsp3) is 0.231. The molecule has 90 valence electrons. The summed E-state index contributed by atoms with van der Waals surface area (Å²) in [6.45, 7) is 0. The van der Waals surface area contributed by atoms with E-state index in [0.717, 1.165) is 5.56 Å². The van der Waals surface area contributed by atoms with E-state index in [1.54, 1.807) is 39.7 Å². The van der Waals surface area contributed by atoms with Crippen LogP contribution in [0.3, 0.4) is 0 Å². The lowest BCUT2D eigenvalue weighted by molar-refractivity contribution is 0.376. The van der Waals surface area contributed by atoms with E-state index in [1.165, 1.54) is 0 Å². The molecule has 0 spiro atoms. The Morgan fingerprint density at radius 3 is 2.00 bits per heavy atom. The van der Waals surface area contributed by atoms with E-state index in [4.69, 9.17) is 18.6 Å². The molecule has 0 N–H and O–H groups in total. The van der Waals surface area contributed by atoms with E-state index in [1.807, 2.05) is 12.1 Å². The Morgan fingerprint density at radius 2 is 1.59 bits per heavy atom. The lowest BCUT2D eigenvalue weighted by Crippen LogP contribution is -1.94. The van der Waals surface area contributed by atoms with Crippen LogP contribution in [-0.2, 0) is 0 Å². The summed E-state index contributed by atoms with van der Waals surface area (Å²) in [4.78, 5) is 0. The molecule has 1 aromatic heterocycles. The second-order valence-electron chi connectivity index (χ2n) is 3.38. The van der Waals surface area contributed by atoms with E-state index in [9.17, 15) is 0 Å². The lowest BCUT2D eigenvalue weighted by Gasteiger charge is -2.13.